The van der Waals surface area contributed by atoms with Gasteiger partial charge >= 0.3 is 5.97 Å². The van der Waals surface area contributed by atoms with Crippen LogP contribution in [0.1, 0.15) is 19.4 Å². The number of para-hydroxylation sites is 1. The van der Waals surface area contributed by atoms with Crippen molar-refractivity contribution in [2.45, 2.75) is 32.4 Å². The minimum absolute atomic E-state index is 0.0494. The maximum atomic E-state index is 12.3. The van der Waals surface area contributed by atoms with E-state index < -0.39 is 18.1 Å². The van der Waals surface area contributed by atoms with Crippen LogP contribution in [0.5, 0.6) is 0 Å². The van der Waals surface area contributed by atoms with Crippen molar-refractivity contribution in [3.8, 4) is 0 Å². The molecule has 2 atom stereocenters. The Morgan fingerprint density at radius 2 is 2.00 bits per heavy atom. The first kappa shape index (κ1) is 17.0. The van der Waals surface area contributed by atoms with E-state index in [9.17, 15) is 9.59 Å². The van der Waals surface area contributed by atoms with Crippen LogP contribution in [0.15, 0.2) is 30.5 Å². The fourth-order valence-corrected chi connectivity index (χ4v) is 2.55. The van der Waals surface area contributed by atoms with Crippen LogP contribution in [0, 0.1) is 5.92 Å². The van der Waals surface area contributed by atoms with E-state index in [2.05, 4.69) is 16.0 Å². The topological polar surface area (TPSA) is 98.8 Å². The van der Waals surface area contributed by atoms with Crippen molar-refractivity contribution >= 4 is 22.8 Å². The van der Waals surface area contributed by atoms with E-state index in [0.717, 1.165) is 16.5 Å². The van der Waals surface area contributed by atoms with E-state index in [-0.39, 0.29) is 11.8 Å². The quantitative estimate of drug-likeness (QED) is 0.681. The zero-order valence-electron chi connectivity index (χ0n) is 13.8. The summed E-state index contributed by atoms with van der Waals surface area (Å²) in [4.78, 5) is 27.3. The summed E-state index contributed by atoms with van der Waals surface area (Å²) in [7, 11) is 1.32. The van der Waals surface area contributed by atoms with E-state index >= 15 is 0 Å². The summed E-state index contributed by atoms with van der Waals surface area (Å²) < 4.78 is 4.74. The Labute approximate surface area is 135 Å². The molecule has 2 rings (SSSR count). The molecule has 0 aliphatic heterocycles. The van der Waals surface area contributed by atoms with Crippen LogP contribution in [0.25, 0.3) is 10.9 Å². The Bertz CT molecular complexity index is 693. The smallest absolute Gasteiger partial charge is 0.328 e. The molecule has 1 aromatic carbocycles. The maximum absolute atomic E-state index is 12.3. The van der Waals surface area contributed by atoms with Gasteiger partial charge in [0.2, 0.25) is 0 Å². The molecule has 0 aliphatic carbocycles. The van der Waals surface area contributed by atoms with Crippen molar-refractivity contribution in [3.63, 3.8) is 0 Å². The number of benzene rings is 1. The molecular weight excluding hydrogens is 294 g/mol. The van der Waals surface area contributed by atoms with Gasteiger partial charge in [-0.3, -0.25) is 4.79 Å². The number of nitrogens with one attached hydrogen (secondary N) is 2. The van der Waals surface area contributed by atoms with E-state index in [1.54, 1.807) is 0 Å². The zero-order chi connectivity index (χ0) is 17.0. The number of fused-ring (bicyclic) bond motifs is 1. The van der Waals surface area contributed by atoms with Crippen LogP contribution in [0.3, 0.4) is 0 Å². The fraction of sp³-hybridized carbons (Fsp3) is 0.412. The lowest BCUT2D eigenvalue weighted by molar-refractivity contribution is -0.403. The number of amides is 1. The third kappa shape index (κ3) is 3.90. The number of quaternary nitrogens is 1. The molecule has 0 spiro atoms. The first-order valence-corrected chi connectivity index (χ1v) is 7.70. The van der Waals surface area contributed by atoms with Crippen LogP contribution < -0.4 is 11.1 Å². The summed E-state index contributed by atoms with van der Waals surface area (Å²) in [5.74, 6) is -0.737. The van der Waals surface area contributed by atoms with Gasteiger partial charge in [0.25, 0.3) is 5.91 Å². The Morgan fingerprint density at radius 3 is 2.65 bits per heavy atom. The Balaban J connectivity index is 2.06. The highest BCUT2D eigenvalue weighted by atomic mass is 16.5. The molecule has 5 N–H and O–H groups in total. The van der Waals surface area contributed by atoms with Crippen molar-refractivity contribution < 1.29 is 20.1 Å². The maximum Gasteiger partial charge on any atom is 0.328 e. The van der Waals surface area contributed by atoms with E-state index in [1.165, 1.54) is 7.11 Å². The number of carbonyl (C=O) groups excluding carboxylic acids is 2. The molecule has 124 valence electrons. The standard InChI is InChI=1S/C17H23N3O3/c1-10(2)15(17(22)23-3)20-16(21)13(18)8-11-9-19-14-7-5-4-6-12(11)14/h4-7,9-10,13,15,19H,8,18H2,1-3H3,(H,20,21)/p+1/t13-,15+/m1/s1. The van der Waals surface area contributed by atoms with Crippen LogP contribution in [0.4, 0.5) is 0 Å². The number of hydrogen-bond donors (Lipinski definition) is 3. The molecule has 1 amide bonds. The van der Waals surface area contributed by atoms with E-state index in [0.29, 0.717) is 6.42 Å². The third-order valence-electron chi connectivity index (χ3n) is 3.93. The summed E-state index contributed by atoms with van der Waals surface area (Å²) >= 11 is 0. The van der Waals surface area contributed by atoms with Crippen molar-refractivity contribution in [1.82, 2.24) is 10.3 Å². The fourth-order valence-electron chi connectivity index (χ4n) is 2.55. The molecule has 0 bridgehead atoms. The van der Waals surface area contributed by atoms with Gasteiger partial charge in [0, 0.05) is 23.5 Å². The molecule has 6 nitrogen and oxygen atoms in total. The largest absolute Gasteiger partial charge is 0.467 e. The van der Waals surface area contributed by atoms with Gasteiger partial charge < -0.3 is 20.8 Å². The predicted octanol–water partition coefficient (Wildman–Crippen LogP) is 0.635. The molecule has 2 aromatic rings. The molecule has 0 unspecified atom stereocenters. The van der Waals surface area contributed by atoms with Gasteiger partial charge in [-0.1, -0.05) is 32.0 Å². The molecule has 1 aromatic heterocycles. The molecular formula is C17H24N3O3+. The van der Waals surface area contributed by atoms with Gasteiger partial charge in [-0.25, -0.2) is 4.79 Å². The number of rotatable bonds is 6. The second kappa shape index (κ2) is 7.28. The van der Waals surface area contributed by atoms with Gasteiger partial charge in [0.15, 0.2) is 6.04 Å². The van der Waals surface area contributed by atoms with Crippen molar-refractivity contribution in [2.24, 2.45) is 5.92 Å². The van der Waals surface area contributed by atoms with E-state index in [1.807, 2.05) is 44.3 Å². The average Bonchev–Trinajstić information content (AvgIpc) is 2.94. The second-order valence-corrected chi connectivity index (χ2v) is 6.01. The average molecular weight is 318 g/mol. The molecule has 0 fully saturated rings. The molecule has 23 heavy (non-hydrogen) atoms. The molecule has 1 heterocycles. The lowest BCUT2D eigenvalue weighted by Crippen LogP contribution is -2.69. The van der Waals surface area contributed by atoms with Crippen LogP contribution in [-0.2, 0) is 20.7 Å². The highest BCUT2D eigenvalue weighted by Crippen LogP contribution is 2.18. The summed E-state index contributed by atoms with van der Waals surface area (Å²) in [6.07, 6.45) is 2.40. The number of carbonyl (C=O) groups is 2. The number of hydrogen-bond acceptors (Lipinski definition) is 3. The van der Waals surface area contributed by atoms with Crippen LogP contribution >= 0.6 is 0 Å². The molecule has 0 saturated carbocycles. The van der Waals surface area contributed by atoms with Crippen LogP contribution in [0.2, 0.25) is 0 Å². The van der Waals surface area contributed by atoms with Gasteiger partial charge in [-0.05, 0) is 17.5 Å². The predicted molar refractivity (Wildman–Crippen MR) is 87.5 cm³/mol. The monoisotopic (exact) mass is 318 g/mol. The lowest BCUT2D eigenvalue weighted by Gasteiger charge is -2.20. The lowest BCUT2D eigenvalue weighted by atomic mass is 10.0. The number of H-pyrrole nitrogens is 1. The molecule has 0 aliphatic rings. The van der Waals surface area contributed by atoms with E-state index in [4.69, 9.17) is 4.74 Å². The summed E-state index contributed by atoms with van der Waals surface area (Å²) in [6, 6.07) is 6.78. The summed E-state index contributed by atoms with van der Waals surface area (Å²) in [5, 5.41) is 3.83. The first-order valence-electron chi connectivity index (χ1n) is 7.70. The summed E-state index contributed by atoms with van der Waals surface area (Å²) in [5.41, 5.74) is 6.01. The molecule has 6 heteroatoms. The Morgan fingerprint density at radius 1 is 1.30 bits per heavy atom. The van der Waals surface area contributed by atoms with Gasteiger partial charge in [0.05, 0.1) is 7.11 Å². The molecule has 0 saturated heterocycles. The minimum atomic E-state index is -0.653. The minimum Gasteiger partial charge on any atom is -0.467 e. The Kier molecular flexibility index (Phi) is 5.39. The number of aromatic nitrogens is 1. The Hall–Kier alpha value is -2.34. The first-order chi connectivity index (χ1) is 10.9. The molecule has 0 radical (unpaired) electrons. The van der Waals surface area contributed by atoms with Gasteiger partial charge in [0.1, 0.15) is 6.04 Å². The highest BCUT2D eigenvalue weighted by Gasteiger charge is 2.28. The zero-order valence-corrected chi connectivity index (χ0v) is 13.8. The number of esters is 1. The SMILES string of the molecule is COC(=O)[C@@H](NC(=O)[C@H]([NH3+])Cc1c[nH]c2ccccc12)C(C)C. The van der Waals surface area contributed by atoms with Crippen molar-refractivity contribution in [1.29, 1.82) is 0 Å². The summed E-state index contributed by atoms with van der Waals surface area (Å²) in [6.45, 7) is 3.72. The van der Waals surface area contributed by atoms with Crippen LogP contribution in [-0.4, -0.2) is 36.1 Å². The third-order valence-corrected chi connectivity index (χ3v) is 3.93. The number of ether oxygens (including phenoxy) is 1. The second-order valence-electron chi connectivity index (χ2n) is 6.01. The highest BCUT2D eigenvalue weighted by molar-refractivity contribution is 5.88. The normalized spacial score (nSPS) is 13.8. The van der Waals surface area contributed by atoms with Crippen molar-refractivity contribution in [2.75, 3.05) is 7.11 Å². The van der Waals surface area contributed by atoms with Crippen molar-refractivity contribution in [3.05, 3.63) is 36.0 Å². The van der Waals surface area contributed by atoms with Gasteiger partial charge in [-0.15, -0.1) is 0 Å². The number of methoxy groups -OCH3 is 1. The van der Waals surface area contributed by atoms with Gasteiger partial charge in [-0.2, -0.15) is 0 Å². The number of aromatic amines is 1.